The van der Waals surface area contributed by atoms with Crippen LogP contribution in [0.1, 0.15) is 63.5 Å². The Kier molecular flexibility index (Phi) is 10.1. The predicted octanol–water partition coefficient (Wildman–Crippen LogP) is 6.80. The van der Waals surface area contributed by atoms with Gasteiger partial charge in [0.05, 0.1) is 29.8 Å². The number of nitriles is 1. The van der Waals surface area contributed by atoms with Gasteiger partial charge in [-0.25, -0.2) is 0 Å². The number of unbranched alkanes of at least 4 members (excludes halogenated alkanes) is 5. The largest absolute Gasteiger partial charge is 0.490 e. The number of nitro benzene ring substituents is 1. The molecule has 0 saturated heterocycles. The standard InChI is InChI=1S/C25H30N2O4/c1-3-5-6-7-8-9-16-31-24-15-10-20(18-25(24)30-4-2)17-22(19-26)21-11-13-23(14-12-21)27(28)29/h10-15,17-18H,3-9,16H2,1-2H3/b22-17+. The Bertz CT molecular complexity index is 914. The van der Waals surface area contributed by atoms with E-state index in [1.807, 2.05) is 25.1 Å². The molecule has 0 spiro atoms. The monoisotopic (exact) mass is 422 g/mol. The maximum atomic E-state index is 10.8. The molecule has 6 heteroatoms. The van der Waals surface area contributed by atoms with E-state index in [1.165, 1.54) is 37.8 Å². The van der Waals surface area contributed by atoms with Gasteiger partial charge in [0, 0.05) is 12.1 Å². The Morgan fingerprint density at radius 3 is 2.35 bits per heavy atom. The van der Waals surface area contributed by atoms with Gasteiger partial charge in [0.1, 0.15) is 0 Å². The van der Waals surface area contributed by atoms with E-state index < -0.39 is 4.92 Å². The van der Waals surface area contributed by atoms with Crippen molar-refractivity contribution in [2.24, 2.45) is 0 Å². The minimum Gasteiger partial charge on any atom is -0.490 e. The second kappa shape index (κ2) is 13.1. The van der Waals surface area contributed by atoms with E-state index in [0.29, 0.717) is 35.8 Å². The van der Waals surface area contributed by atoms with E-state index in [4.69, 9.17) is 9.47 Å². The fourth-order valence-electron chi connectivity index (χ4n) is 3.18. The van der Waals surface area contributed by atoms with Gasteiger partial charge >= 0.3 is 0 Å². The van der Waals surface area contributed by atoms with E-state index in [2.05, 4.69) is 13.0 Å². The lowest BCUT2D eigenvalue weighted by molar-refractivity contribution is -0.384. The van der Waals surface area contributed by atoms with Crippen LogP contribution in [-0.4, -0.2) is 18.1 Å². The second-order valence-corrected chi connectivity index (χ2v) is 7.23. The Morgan fingerprint density at radius 2 is 1.71 bits per heavy atom. The smallest absolute Gasteiger partial charge is 0.269 e. The molecule has 0 radical (unpaired) electrons. The Morgan fingerprint density at radius 1 is 1.00 bits per heavy atom. The van der Waals surface area contributed by atoms with Gasteiger partial charge in [-0.15, -0.1) is 0 Å². The van der Waals surface area contributed by atoms with Crippen molar-refractivity contribution < 1.29 is 14.4 Å². The SMILES string of the molecule is CCCCCCCCOc1ccc(/C=C(\C#N)c2ccc([N+](=O)[O-])cc2)cc1OCC. The molecule has 2 aromatic carbocycles. The number of hydrogen-bond acceptors (Lipinski definition) is 5. The van der Waals surface area contributed by atoms with Crippen molar-refractivity contribution >= 4 is 17.3 Å². The highest BCUT2D eigenvalue weighted by atomic mass is 16.6. The highest BCUT2D eigenvalue weighted by Gasteiger charge is 2.09. The van der Waals surface area contributed by atoms with Crippen molar-refractivity contribution in [2.45, 2.75) is 52.4 Å². The summed E-state index contributed by atoms with van der Waals surface area (Å²) in [4.78, 5) is 10.4. The highest BCUT2D eigenvalue weighted by molar-refractivity contribution is 5.90. The van der Waals surface area contributed by atoms with Crippen molar-refractivity contribution in [2.75, 3.05) is 13.2 Å². The van der Waals surface area contributed by atoms with Crippen molar-refractivity contribution in [1.82, 2.24) is 0 Å². The summed E-state index contributed by atoms with van der Waals surface area (Å²) in [7, 11) is 0. The lowest BCUT2D eigenvalue weighted by Crippen LogP contribution is -2.01. The summed E-state index contributed by atoms with van der Waals surface area (Å²) < 4.78 is 11.7. The number of allylic oxidation sites excluding steroid dienone is 1. The van der Waals surface area contributed by atoms with E-state index in [0.717, 1.165) is 18.4 Å². The molecule has 0 aliphatic carbocycles. The molecule has 2 aromatic rings. The van der Waals surface area contributed by atoms with E-state index >= 15 is 0 Å². The zero-order valence-corrected chi connectivity index (χ0v) is 18.3. The predicted molar refractivity (Wildman–Crippen MR) is 123 cm³/mol. The van der Waals surface area contributed by atoms with Crippen molar-refractivity contribution in [1.29, 1.82) is 5.26 Å². The summed E-state index contributed by atoms with van der Waals surface area (Å²) in [5, 5.41) is 20.4. The fourth-order valence-corrected chi connectivity index (χ4v) is 3.18. The van der Waals surface area contributed by atoms with Crippen LogP contribution in [0.2, 0.25) is 0 Å². The lowest BCUT2D eigenvalue weighted by Gasteiger charge is -2.13. The van der Waals surface area contributed by atoms with Crippen LogP contribution in [0.3, 0.4) is 0 Å². The average Bonchev–Trinajstić information content (AvgIpc) is 2.78. The minimum absolute atomic E-state index is 0.00784. The minimum atomic E-state index is -0.460. The normalized spacial score (nSPS) is 11.1. The molecular formula is C25H30N2O4. The Hall–Kier alpha value is -3.33. The van der Waals surface area contributed by atoms with Crippen LogP contribution in [0.5, 0.6) is 11.5 Å². The molecule has 0 heterocycles. The molecule has 0 saturated carbocycles. The first-order valence-corrected chi connectivity index (χ1v) is 10.8. The van der Waals surface area contributed by atoms with Crippen LogP contribution >= 0.6 is 0 Å². The number of nitro groups is 1. The Labute approximate surface area is 184 Å². The van der Waals surface area contributed by atoms with Crippen LogP contribution in [0.4, 0.5) is 5.69 Å². The van der Waals surface area contributed by atoms with Crippen molar-refractivity contribution in [3.63, 3.8) is 0 Å². The van der Waals surface area contributed by atoms with Crippen LogP contribution in [0.25, 0.3) is 11.6 Å². The zero-order chi connectivity index (χ0) is 22.5. The van der Waals surface area contributed by atoms with Gasteiger partial charge in [-0.3, -0.25) is 10.1 Å². The van der Waals surface area contributed by atoms with Crippen LogP contribution in [-0.2, 0) is 0 Å². The first-order valence-electron chi connectivity index (χ1n) is 10.8. The molecule has 0 atom stereocenters. The van der Waals surface area contributed by atoms with Gasteiger partial charge in [0.25, 0.3) is 5.69 Å². The average molecular weight is 423 g/mol. The molecule has 0 aromatic heterocycles. The van der Waals surface area contributed by atoms with Crippen LogP contribution in [0, 0.1) is 21.4 Å². The molecular weight excluding hydrogens is 392 g/mol. The molecule has 0 amide bonds. The first-order chi connectivity index (χ1) is 15.1. The molecule has 0 fully saturated rings. The van der Waals surface area contributed by atoms with Gasteiger partial charge in [0.15, 0.2) is 11.5 Å². The van der Waals surface area contributed by atoms with Crippen molar-refractivity contribution in [3.05, 3.63) is 63.7 Å². The van der Waals surface area contributed by atoms with E-state index in [-0.39, 0.29) is 5.69 Å². The molecule has 0 unspecified atom stereocenters. The second-order valence-electron chi connectivity index (χ2n) is 7.23. The number of hydrogen-bond donors (Lipinski definition) is 0. The summed E-state index contributed by atoms with van der Waals surface area (Å²) in [5.74, 6) is 1.34. The summed E-state index contributed by atoms with van der Waals surface area (Å²) >= 11 is 0. The van der Waals surface area contributed by atoms with Crippen LogP contribution < -0.4 is 9.47 Å². The molecule has 31 heavy (non-hydrogen) atoms. The van der Waals surface area contributed by atoms with Gasteiger partial charge < -0.3 is 9.47 Å². The fraction of sp³-hybridized carbons (Fsp3) is 0.400. The topological polar surface area (TPSA) is 85.4 Å². The van der Waals surface area contributed by atoms with Gasteiger partial charge in [-0.05, 0) is 54.8 Å². The quantitative estimate of drug-likeness (QED) is 0.116. The van der Waals surface area contributed by atoms with Gasteiger partial charge in [-0.1, -0.05) is 45.1 Å². The third-order valence-corrected chi connectivity index (χ3v) is 4.84. The molecule has 6 nitrogen and oxygen atoms in total. The number of nitrogens with zero attached hydrogens (tertiary/aromatic N) is 2. The molecule has 0 N–H and O–H groups in total. The highest BCUT2D eigenvalue weighted by Crippen LogP contribution is 2.31. The van der Waals surface area contributed by atoms with Gasteiger partial charge in [0.2, 0.25) is 0 Å². The number of non-ortho nitro benzene ring substituents is 1. The van der Waals surface area contributed by atoms with Gasteiger partial charge in [-0.2, -0.15) is 5.26 Å². The third kappa shape index (κ3) is 7.78. The number of rotatable bonds is 13. The first kappa shape index (κ1) is 23.9. The molecule has 0 aliphatic heterocycles. The number of ether oxygens (including phenoxy) is 2. The third-order valence-electron chi connectivity index (χ3n) is 4.84. The van der Waals surface area contributed by atoms with Crippen molar-refractivity contribution in [3.8, 4) is 17.6 Å². The Balaban J connectivity index is 2.09. The maximum Gasteiger partial charge on any atom is 0.269 e. The molecule has 0 bridgehead atoms. The summed E-state index contributed by atoms with van der Waals surface area (Å²) in [5.41, 5.74) is 1.82. The lowest BCUT2D eigenvalue weighted by atomic mass is 10.0. The summed E-state index contributed by atoms with van der Waals surface area (Å²) in [6.07, 6.45) is 8.95. The zero-order valence-electron chi connectivity index (χ0n) is 18.3. The van der Waals surface area contributed by atoms with E-state index in [1.54, 1.807) is 18.2 Å². The summed E-state index contributed by atoms with van der Waals surface area (Å²) in [6, 6.07) is 13.7. The molecule has 164 valence electrons. The summed E-state index contributed by atoms with van der Waals surface area (Å²) in [6.45, 7) is 5.28. The van der Waals surface area contributed by atoms with Crippen LogP contribution in [0.15, 0.2) is 42.5 Å². The van der Waals surface area contributed by atoms with E-state index in [9.17, 15) is 15.4 Å². The molecule has 0 aliphatic rings. The maximum absolute atomic E-state index is 10.8. The number of benzene rings is 2. The molecule has 2 rings (SSSR count).